The molecular weight excluding hydrogens is 349 g/mol. The molecule has 0 spiro atoms. The molecule has 0 saturated carbocycles. The van der Waals surface area contributed by atoms with Crippen LogP contribution >= 0.6 is 11.3 Å². The molecule has 4 nitrogen and oxygen atoms in total. The molecule has 0 bridgehead atoms. The van der Waals surface area contributed by atoms with Gasteiger partial charge in [-0.25, -0.2) is 9.07 Å². The fourth-order valence-corrected chi connectivity index (χ4v) is 4.48. The fourth-order valence-electron chi connectivity index (χ4n) is 3.68. The lowest BCUT2D eigenvalue weighted by Crippen LogP contribution is -2.35. The number of aromatic nitrogens is 2. The van der Waals surface area contributed by atoms with Crippen LogP contribution in [-0.2, 0) is 6.54 Å². The summed E-state index contributed by atoms with van der Waals surface area (Å²) in [5.74, 6) is 0.0712. The molecule has 3 aromatic rings. The highest BCUT2D eigenvalue weighted by atomic mass is 32.1. The molecule has 1 N–H and O–H groups in total. The zero-order valence-corrected chi connectivity index (χ0v) is 15.3. The van der Waals surface area contributed by atoms with Gasteiger partial charge in [-0.15, -0.1) is 11.3 Å². The topological polar surface area (TPSA) is 41.3 Å². The van der Waals surface area contributed by atoms with Crippen molar-refractivity contribution in [3.63, 3.8) is 0 Å². The minimum atomic E-state index is -0.369. The van der Waals surface area contributed by atoms with Crippen LogP contribution in [0.2, 0.25) is 0 Å². The summed E-state index contributed by atoms with van der Waals surface area (Å²) < 4.78 is 15.6. The largest absolute Gasteiger partial charge is 0.387 e. The number of hydrogen-bond acceptors (Lipinski definition) is 4. The van der Waals surface area contributed by atoms with E-state index >= 15 is 0 Å². The molecule has 1 fully saturated rings. The van der Waals surface area contributed by atoms with E-state index in [4.69, 9.17) is 0 Å². The van der Waals surface area contributed by atoms with Gasteiger partial charge in [-0.2, -0.15) is 5.10 Å². The molecule has 0 amide bonds. The van der Waals surface area contributed by atoms with Crippen LogP contribution in [0.1, 0.15) is 29.4 Å². The number of hydrogen-bond donors (Lipinski definition) is 1. The molecule has 3 heterocycles. The lowest BCUT2D eigenvalue weighted by molar-refractivity contribution is 0.0590. The van der Waals surface area contributed by atoms with Gasteiger partial charge in [0, 0.05) is 23.8 Å². The van der Waals surface area contributed by atoms with Gasteiger partial charge in [0.15, 0.2) is 0 Å². The normalized spacial score (nSPS) is 17.5. The number of rotatable bonds is 5. The molecule has 4 rings (SSSR count). The summed E-state index contributed by atoms with van der Waals surface area (Å²) in [5, 5.41) is 16.8. The highest BCUT2D eigenvalue weighted by Crippen LogP contribution is 2.33. The molecule has 0 radical (unpaired) electrons. The van der Waals surface area contributed by atoms with Crippen molar-refractivity contribution >= 4 is 11.3 Å². The molecule has 1 unspecified atom stereocenters. The van der Waals surface area contributed by atoms with Gasteiger partial charge in [0.1, 0.15) is 5.82 Å². The second-order valence-corrected chi connectivity index (χ2v) is 7.78. The summed E-state index contributed by atoms with van der Waals surface area (Å²) in [6.07, 6.45) is 5.13. The Morgan fingerprint density at radius 2 is 2.08 bits per heavy atom. The molecule has 136 valence electrons. The van der Waals surface area contributed by atoms with Crippen LogP contribution in [0, 0.1) is 11.7 Å². The van der Waals surface area contributed by atoms with Crippen LogP contribution in [0.3, 0.4) is 0 Å². The zero-order valence-electron chi connectivity index (χ0n) is 14.5. The molecule has 1 atom stereocenters. The first-order valence-corrected chi connectivity index (χ1v) is 9.81. The first-order chi connectivity index (χ1) is 12.7. The van der Waals surface area contributed by atoms with E-state index in [0.717, 1.165) is 42.1 Å². The SMILES string of the molecule is OC(c1cccs1)C1CCN(Cc2cc(F)ccc2-n2cccn2)CC1. The van der Waals surface area contributed by atoms with Crippen molar-refractivity contribution < 1.29 is 9.50 Å². The molecule has 6 heteroatoms. The Bertz CT molecular complexity index is 827. The smallest absolute Gasteiger partial charge is 0.123 e. The standard InChI is InChI=1S/C20H22FN3OS/c21-17-4-5-18(24-9-2-8-22-24)16(13-17)14-23-10-6-15(7-11-23)20(25)19-3-1-12-26-19/h1-5,8-9,12-13,15,20,25H,6-7,10-11,14H2. The molecule has 0 aliphatic carbocycles. The number of aliphatic hydroxyl groups is 1. The average molecular weight is 371 g/mol. The number of thiophene rings is 1. The highest BCUT2D eigenvalue weighted by molar-refractivity contribution is 7.10. The lowest BCUT2D eigenvalue weighted by Gasteiger charge is -2.34. The van der Waals surface area contributed by atoms with Gasteiger partial charge >= 0.3 is 0 Å². The van der Waals surface area contributed by atoms with Crippen LogP contribution in [-0.4, -0.2) is 32.9 Å². The van der Waals surface area contributed by atoms with Crippen LogP contribution < -0.4 is 0 Å². The summed E-state index contributed by atoms with van der Waals surface area (Å²) in [4.78, 5) is 3.38. The van der Waals surface area contributed by atoms with E-state index in [1.807, 2.05) is 29.8 Å². The van der Waals surface area contributed by atoms with Gasteiger partial charge in [0.2, 0.25) is 0 Å². The van der Waals surface area contributed by atoms with Crippen molar-refractivity contribution in [3.05, 3.63) is 70.4 Å². The number of nitrogens with zero attached hydrogens (tertiary/aromatic N) is 3. The van der Waals surface area contributed by atoms with E-state index in [1.165, 1.54) is 6.07 Å². The molecule has 1 saturated heterocycles. The van der Waals surface area contributed by atoms with Crippen molar-refractivity contribution in [2.45, 2.75) is 25.5 Å². The Hall–Kier alpha value is -2.02. The Kier molecular flexibility index (Phi) is 5.15. The van der Waals surface area contributed by atoms with Crippen LogP contribution in [0.25, 0.3) is 5.69 Å². The Balaban J connectivity index is 1.43. The summed E-state index contributed by atoms with van der Waals surface area (Å²) in [7, 11) is 0. The van der Waals surface area contributed by atoms with Crippen LogP contribution in [0.15, 0.2) is 54.2 Å². The van der Waals surface area contributed by atoms with Crippen molar-refractivity contribution in [3.8, 4) is 5.69 Å². The highest BCUT2D eigenvalue weighted by Gasteiger charge is 2.27. The predicted molar refractivity (Wildman–Crippen MR) is 101 cm³/mol. The van der Waals surface area contributed by atoms with Gasteiger partial charge in [0.05, 0.1) is 11.8 Å². The maximum Gasteiger partial charge on any atom is 0.123 e. The van der Waals surface area contributed by atoms with E-state index in [9.17, 15) is 9.50 Å². The van der Waals surface area contributed by atoms with Crippen molar-refractivity contribution in [2.75, 3.05) is 13.1 Å². The monoisotopic (exact) mass is 371 g/mol. The first kappa shape index (κ1) is 17.4. The quantitative estimate of drug-likeness (QED) is 0.737. The van der Waals surface area contributed by atoms with E-state index in [-0.39, 0.29) is 11.9 Å². The second-order valence-electron chi connectivity index (χ2n) is 6.80. The van der Waals surface area contributed by atoms with Crippen molar-refractivity contribution in [1.29, 1.82) is 0 Å². The third kappa shape index (κ3) is 3.72. The number of benzene rings is 1. The molecular formula is C20H22FN3OS. The van der Waals surface area contributed by atoms with E-state index < -0.39 is 0 Å². The van der Waals surface area contributed by atoms with Crippen LogP contribution in [0.5, 0.6) is 0 Å². The molecule has 26 heavy (non-hydrogen) atoms. The number of halogens is 1. The second kappa shape index (κ2) is 7.70. The van der Waals surface area contributed by atoms with Crippen molar-refractivity contribution in [1.82, 2.24) is 14.7 Å². The van der Waals surface area contributed by atoms with Gasteiger partial charge in [-0.3, -0.25) is 4.90 Å². The van der Waals surface area contributed by atoms with Gasteiger partial charge in [-0.05, 0) is 73.1 Å². The Labute approximate surface area is 156 Å². The van der Waals surface area contributed by atoms with E-state index in [0.29, 0.717) is 12.5 Å². The zero-order chi connectivity index (χ0) is 17.9. The Morgan fingerprint density at radius 3 is 2.77 bits per heavy atom. The third-order valence-electron chi connectivity index (χ3n) is 5.10. The fraction of sp³-hybridized carbons (Fsp3) is 0.350. The van der Waals surface area contributed by atoms with Gasteiger partial charge in [0.25, 0.3) is 0 Å². The summed E-state index contributed by atoms with van der Waals surface area (Å²) >= 11 is 1.62. The number of aliphatic hydroxyl groups excluding tert-OH is 1. The Morgan fingerprint density at radius 1 is 1.23 bits per heavy atom. The van der Waals surface area contributed by atoms with Crippen LogP contribution in [0.4, 0.5) is 4.39 Å². The predicted octanol–water partition coefficient (Wildman–Crippen LogP) is 4.02. The molecule has 1 aliphatic rings. The van der Waals surface area contributed by atoms with E-state index in [2.05, 4.69) is 10.00 Å². The summed E-state index contributed by atoms with van der Waals surface area (Å²) in [5.41, 5.74) is 1.85. The first-order valence-electron chi connectivity index (χ1n) is 8.93. The summed E-state index contributed by atoms with van der Waals surface area (Å²) in [6, 6.07) is 10.7. The molecule has 1 aromatic carbocycles. The minimum absolute atomic E-state index is 0.223. The van der Waals surface area contributed by atoms with E-state index in [1.54, 1.807) is 34.3 Å². The molecule has 2 aromatic heterocycles. The summed E-state index contributed by atoms with van der Waals surface area (Å²) in [6.45, 7) is 2.50. The van der Waals surface area contributed by atoms with Gasteiger partial charge < -0.3 is 5.11 Å². The number of likely N-dealkylation sites (tertiary alicyclic amines) is 1. The maximum absolute atomic E-state index is 13.8. The lowest BCUT2D eigenvalue weighted by atomic mass is 9.90. The molecule has 1 aliphatic heterocycles. The number of piperidine rings is 1. The third-order valence-corrected chi connectivity index (χ3v) is 6.04. The van der Waals surface area contributed by atoms with Gasteiger partial charge in [-0.1, -0.05) is 6.07 Å². The van der Waals surface area contributed by atoms with Crippen molar-refractivity contribution in [2.24, 2.45) is 5.92 Å². The maximum atomic E-state index is 13.8. The average Bonchev–Trinajstić information content (AvgIpc) is 3.36. The minimum Gasteiger partial charge on any atom is -0.387 e.